The Hall–Kier alpha value is -0.650. The fourth-order valence-corrected chi connectivity index (χ4v) is 2.95. The van der Waals surface area contributed by atoms with E-state index in [0.717, 1.165) is 28.8 Å². The first-order chi connectivity index (χ1) is 7.70. The van der Waals surface area contributed by atoms with Crippen molar-refractivity contribution in [3.05, 3.63) is 27.9 Å². The van der Waals surface area contributed by atoms with Crippen LogP contribution in [-0.2, 0) is 0 Å². The van der Waals surface area contributed by atoms with Crippen LogP contribution in [0.2, 0.25) is 0 Å². The second-order valence-electron chi connectivity index (χ2n) is 3.71. The number of halogens is 1. The van der Waals surface area contributed by atoms with Gasteiger partial charge in [-0.05, 0) is 28.4 Å². The molecule has 3 N–H and O–H groups in total. The molecule has 0 saturated carbocycles. The van der Waals surface area contributed by atoms with Crippen molar-refractivity contribution in [2.45, 2.75) is 25.8 Å². The van der Waals surface area contributed by atoms with Crippen molar-refractivity contribution in [2.24, 2.45) is 5.73 Å². The molecule has 0 aliphatic heterocycles. The normalized spacial score (nSPS) is 12.9. The SMILES string of the molecule is CCCC(N)c1ncc(-c2cc(Br)cs2)[nH]1. The van der Waals surface area contributed by atoms with Crippen LogP contribution >= 0.6 is 27.3 Å². The summed E-state index contributed by atoms with van der Waals surface area (Å²) in [6.07, 6.45) is 3.88. The lowest BCUT2D eigenvalue weighted by molar-refractivity contribution is 0.609. The van der Waals surface area contributed by atoms with Crippen molar-refractivity contribution in [1.29, 1.82) is 0 Å². The van der Waals surface area contributed by atoms with Crippen molar-refractivity contribution in [3.8, 4) is 10.6 Å². The zero-order chi connectivity index (χ0) is 11.5. The minimum Gasteiger partial charge on any atom is -0.340 e. The standard InChI is InChI=1S/C11H14BrN3S/c1-2-3-8(13)11-14-5-9(15-11)10-4-7(12)6-16-10/h4-6,8H,2-3,13H2,1H3,(H,14,15). The van der Waals surface area contributed by atoms with Crippen LogP contribution in [0, 0.1) is 0 Å². The number of hydrogen-bond acceptors (Lipinski definition) is 3. The fraction of sp³-hybridized carbons (Fsp3) is 0.364. The lowest BCUT2D eigenvalue weighted by Crippen LogP contribution is -2.11. The monoisotopic (exact) mass is 299 g/mol. The lowest BCUT2D eigenvalue weighted by Gasteiger charge is -2.05. The van der Waals surface area contributed by atoms with E-state index in [9.17, 15) is 0 Å². The van der Waals surface area contributed by atoms with Gasteiger partial charge in [0.25, 0.3) is 0 Å². The van der Waals surface area contributed by atoms with Crippen LogP contribution in [0.4, 0.5) is 0 Å². The van der Waals surface area contributed by atoms with Crippen LogP contribution in [-0.4, -0.2) is 9.97 Å². The second kappa shape index (κ2) is 5.12. The third-order valence-electron chi connectivity index (χ3n) is 2.38. The molecule has 0 amide bonds. The number of nitrogens with zero attached hydrogens (tertiary/aromatic N) is 1. The van der Waals surface area contributed by atoms with Crippen LogP contribution in [0.5, 0.6) is 0 Å². The number of aromatic amines is 1. The first-order valence-electron chi connectivity index (χ1n) is 5.25. The molecule has 0 aliphatic rings. The topological polar surface area (TPSA) is 54.7 Å². The third-order valence-corrected chi connectivity index (χ3v) is 4.10. The summed E-state index contributed by atoms with van der Waals surface area (Å²) < 4.78 is 1.10. The van der Waals surface area contributed by atoms with E-state index in [0.29, 0.717) is 0 Å². The summed E-state index contributed by atoms with van der Waals surface area (Å²) in [5.41, 5.74) is 7.04. The van der Waals surface area contributed by atoms with Crippen molar-refractivity contribution in [1.82, 2.24) is 9.97 Å². The highest BCUT2D eigenvalue weighted by molar-refractivity contribution is 9.10. The summed E-state index contributed by atoms with van der Waals surface area (Å²) in [5.74, 6) is 0.876. The molecule has 0 fully saturated rings. The Labute approximate surface area is 107 Å². The van der Waals surface area contributed by atoms with E-state index in [2.05, 4.69) is 44.3 Å². The predicted molar refractivity (Wildman–Crippen MR) is 71.4 cm³/mol. The number of rotatable bonds is 4. The molecular formula is C11H14BrN3S. The van der Waals surface area contributed by atoms with Gasteiger partial charge in [0.1, 0.15) is 5.82 Å². The van der Waals surface area contributed by atoms with E-state index in [1.165, 1.54) is 4.88 Å². The Morgan fingerprint density at radius 2 is 2.44 bits per heavy atom. The number of aromatic nitrogens is 2. The average Bonchev–Trinajstić information content (AvgIpc) is 2.85. The molecule has 0 aromatic carbocycles. The lowest BCUT2D eigenvalue weighted by atomic mass is 10.2. The minimum atomic E-state index is 0.0159. The first kappa shape index (κ1) is 11.8. The molecular weight excluding hydrogens is 286 g/mol. The summed E-state index contributed by atoms with van der Waals surface area (Å²) in [6, 6.07) is 2.09. The predicted octanol–water partition coefficient (Wildman–Crippen LogP) is 3.70. The molecule has 0 saturated heterocycles. The molecule has 2 rings (SSSR count). The summed E-state index contributed by atoms with van der Waals surface area (Å²) in [6.45, 7) is 2.13. The van der Waals surface area contributed by atoms with Gasteiger partial charge in [-0.1, -0.05) is 13.3 Å². The van der Waals surface area contributed by atoms with Crippen LogP contribution in [0.15, 0.2) is 22.1 Å². The van der Waals surface area contributed by atoms with Gasteiger partial charge in [-0.15, -0.1) is 11.3 Å². The van der Waals surface area contributed by atoms with Crippen LogP contribution in [0.1, 0.15) is 31.6 Å². The molecule has 0 aliphatic carbocycles. The van der Waals surface area contributed by atoms with Gasteiger partial charge in [-0.25, -0.2) is 4.98 Å². The van der Waals surface area contributed by atoms with E-state index < -0.39 is 0 Å². The maximum absolute atomic E-state index is 6.00. The molecule has 0 spiro atoms. The molecule has 16 heavy (non-hydrogen) atoms. The first-order valence-corrected chi connectivity index (χ1v) is 6.93. The number of nitrogens with one attached hydrogen (secondary N) is 1. The molecule has 2 aromatic heterocycles. The van der Waals surface area contributed by atoms with Crippen LogP contribution < -0.4 is 5.73 Å². The van der Waals surface area contributed by atoms with Gasteiger partial charge in [0.2, 0.25) is 0 Å². The maximum atomic E-state index is 6.00. The molecule has 1 unspecified atom stereocenters. The molecule has 3 nitrogen and oxygen atoms in total. The quantitative estimate of drug-likeness (QED) is 0.904. The molecule has 2 heterocycles. The smallest absolute Gasteiger partial charge is 0.123 e. The second-order valence-corrected chi connectivity index (χ2v) is 5.53. The van der Waals surface area contributed by atoms with Crippen molar-refractivity contribution in [2.75, 3.05) is 0 Å². The van der Waals surface area contributed by atoms with Crippen LogP contribution in [0.25, 0.3) is 10.6 Å². The van der Waals surface area contributed by atoms with Gasteiger partial charge in [0, 0.05) is 9.85 Å². The highest BCUT2D eigenvalue weighted by Gasteiger charge is 2.10. The van der Waals surface area contributed by atoms with Gasteiger partial charge in [0.05, 0.1) is 22.8 Å². The number of H-pyrrole nitrogens is 1. The summed E-state index contributed by atoms with van der Waals surface area (Å²) in [5, 5.41) is 2.06. The minimum absolute atomic E-state index is 0.0159. The van der Waals surface area contributed by atoms with Gasteiger partial charge in [-0.3, -0.25) is 0 Å². The van der Waals surface area contributed by atoms with Crippen molar-refractivity contribution >= 4 is 27.3 Å². The van der Waals surface area contributed by atoms with Gasteiger partial charge >= 0.3 is 0 Å². The Morgan fingerprint density at radius 1 is 1.62 bits per heavy atom. The number of nitrogens with two attached hydrogens (primary N) is 1. The molecule has 2 aromatic rings. The Morgan fingerprint density at radius 3 is 3.06 bits per heavy atom. The zero-order valence-corrected chi connectivity index (χ0v) is 11.4. The van der Waals surface area contributed by atoms with E-state index in [1.807, 2.05) is 6.20 Å². The summed E-state index contributed by atoms with van der Waals surface area (Å²) in [7, 11) is 0. The highest BCUT2D eigenvalue weighted by Crippen LogP contribution is 2.29. The maximum Gasteiger partial charge on any atom is 0.123 e. The number of thiophene rings is 1. The van der Waals surface area contributed by atoms with E-state index in [4.69, 9.17) is 5.73 Å². The van der Waals surface area contributed by atoms with E-state index >= 15 is 0 Å². The molecule has 0 radical (unpaired) electrons. The summed E-state index contributed by atoms with van der Waals surface area (Å²) in [4.78, 5) is 8.79. The summed E-state index contributed by atoms with van der Waals surface area (Å²) >= 11 is 5.12. The molecule has 1 atom stereocenters. The number of hydrogen-bond donors (Lipinski definition) is 2. The largest absolute Gasteiger partial charge is 0.340 e. The van der Waals surface area contributed by atoms with Crippen LogP contribution in [0.3, 0.4) is 0 Å². The third kappa shape index (κ3) is 2.53. The van der Waals surface area contributed by atoms with Crippen molar-refractivity contribution < 1.29 is 0 Å². The molecule has 86 valence electrons. The Bertz CT molecular complexity index is 463. The number of imidazole rings is 1. The van der Waals surface area contributed by atoms with Crippen molar-refractivity contribution in [3.63, 3.8) is 0 Å². The average molecular weight is 300 g/mol. The van der Waals surface area contributed by atoms with Gasteiger partial charge in [0.15, 0.2) is 0 Å². The van der Waals surface area contributed by atoms with Gasteiger partial charge < -0.3 is 10.7 Å². The Kier molecular flexibility index (Phi) is 3.78. The Balaban J connectivity index is 2.19. The van der Waals surface area contributed by atoms with E-state index in [-0.39, 0.29) is 6.04 Å². The zero-order valence-electron chi connectivity index (χ0n) is 9.03. The molecule has 0 bridgehead atoms. The van der Waals surface area contributed by atoms with E-state index in [1.54, 1.807) is 11.3 Å². The molecule has 5 heteroatoms. The highest BCUT2D eigenvalue weighted by atomic mass is 79.9. The van der Waals surface area contributed by atoms with Gasteiger partial charge in [-0.2, -0.15) is 0 Å². The fourth-order valence-electron chi connectivity index (χ4n) is 1.55.